The molecule has 0 saturated carbocycles. The zero-order chi connectivity index (χ0) is 17.0. The Labute approximate surface area is 154 Å². The van der Waals surface area contributed by atoms with Gasteiger partial charge in [0.25, 0.3) is 0 Å². The minimum absolute atomic E-state index is 0.0385. The maximum atomic E-state index is 6.15. The number of halogens is 2. The van der Waals surface area contributed by atoms with Crippen molar-refractivity contribution in [1.29, 1.82) is 0 Å². The van der Waals surface area contributed by atoms with E-state index in [9.17, 15) is 0 Å². The lowest BCUT2D eigenvalue weighted by Crippen LogP contribution is -2.58. The first-order valence-corrected chi connectivity index (χ1v) is 8.88. The van der Waals surface area contributed by atoms with Crippen molar-refractivity contribution in [2.24, 2.45) is 0 Å². The molecule has 4 nitrogen and oxygen atoms in total. The van der Waals surface area contributed by atoms with Crippen LogP contribution in [0.25, 0.3) is 0 Å². The Bertz CT molecular complexity index is 557. The molecule has 0 bridgehead atoms. The van der Waals surface area contributed by atoms with Gasteiger partial charge in [-0.1, -0.05) is 23.2 Å². The highest BCUT2D eigenvalue weighted by Gasteiger charge is 2.29. The van der Waals surface area contributed by atoms with Crippen molar-refractivity contribution in [3.8, 4) is 0 Å². The van der Waals surface area contributed by atoms with Gasteiger partial charge < -0.3 is 15.5 Å². The second-order valence-corrected chi connectivity index (χ2v) is 7.79. The second kappa shape index (κ2) is 7.99. The number of nitrogens with zero attached hydrogens (tertiary/aromatic N) is 2. The van der Waals surface area contributed by atoms with Gasteiger partial charge in [-0.25, -0.2) is 0 Å². The van der Waals surface area contributed by atoms with Crippen LogP contribution in [-0.4, -0.2) is 60.2 Å². The summed E-state index contributed by atoms with van der Waals surface area (Å²) in [5.41, 5.74) is 0.794. The van der Waals surface area contributed by atoms with Crippen LogP contribution in [0.1, 0.15) is 13.8 Å². The molecule has 1 aromatic carbocycles. The van der Waals surface area contributed by atoms with Crippen molar-refractivity contribution in [3.05, 3.63) is 28.2 Å². The molecule has 1 saturated heterocycles. The molecule has 1 aromatic rings. The predicted octanol–water partition coefficient (Wildman–Crippen LogP) is 3.31. The van der Waals surface area contributed by atoms with E-state index in [-0.39, 0.29) is 5.54 Å². The average molecular weight is 375 g/mol. The van der Waals surface area contributed by atoms with Crippen LogP contribution >= 0.6 is 35.4 Å². The van der Waals surface area contributed by atoms with Crippen LogP contribution < -0.4 is 10.6 Å². The Balaban J connectivity index is 1.85. The van der Waals surface area contributed by atoms with Crippen LogP contribution in [-0.2, 0) is 0 Å². The van der Waals surface area contributed by atoms with E-state index in [0.717, 1.165) is 38.4 Å². The molecular weight excluding hydrogens is 351 g/mol. The molecule has 7 heteroatoms. The Morgan fingerprint density at radius 1 is 1.22 bits per heavy atom. The molecule has 0 aliphatic carbocycles. The highest BCUT2D eigenvalue weighted by Crippen LogP contribution is 2.25. The normalized spacial score (nSPS) is 17.1. The molecular formula is C16H24Cl2N4S. The lowest BCUT2D eigenvalue weighted by atomic mass is 10.0. The third-order valence-corrected chi connectivity index (χ3v) is 5.01. The summed E-state index contributed by atoms with van der Waals surface area (Å²) in [6.45, 7) is 9.61. The summed E-state index contributed by atoms with van der Waals surface area (Å²) in [6.07, 6.45) is 0. The number of hydrogen-bond donors (Lipinski definition) is 2. The molecule has 0 amide bonds. The van der Waals surface area contributed by atoms with Crippen LogP contribution in [0.3, 0.4) is 0 Å². The first-order chi connectivity index (χ1) is 10.8. The fourth-order valence-electron chi connectivity index (χ4n) is 2.58. The van der Waals surface area contributed by atoms with E-state index < -0.39 is 0 Å². The summed E-state index contributed by atoms with van der Waals surface area (Å²) in [4.78, 5) is 4.85. The van der Waals surface area contributed by atoms with Crippen molar-refractivity contribution in [2.45, 2.75) is 19.4 Å². The number of nitrogens with one attached hydrogen (secondary N) is 2. The smallest absolute Gasteiger partial charge is 0.170 e. The molecule has 0 aromatic heterocycles. The highest BCUT2D eigenvalue weighted by atomic mass is 35.5. The topological polar surface area (TPSA) is 30.5 Å². The molecule has 2 N–H and O–H groups in total. The zero-order valence-corrected chi connectivity index (χ0v) is 16.2. The largest absolute Gasteiger partial charge is 0.361 e. The van der Waals surface area contributed by atoms with Crippen molar-refractivity contribution in [2.75, 3.05) is 45.1 Å². The van der Waals surface area contributed by atoms with Gasteiger partial charge in [-0.2, -0.15) is 0 Å². The highest BCUT2D eigenvalue weighted by molar-refractivity contribution is 7.80. The molecule has 0 unspecified atom stereocenters. The average Bonchev–Trinajstić information content (AvgIpc) is 2.49. The Morgan fingerprint density at radius 2 is 1.87 bits per heavy atom. The summed E-state index contributed by atoms with van der Waals surface area (Å²) in [6, 6.07) is 5.30. The third-order valence-electron chi connectivity index (χ3n) is 4.22. The van der Waals surface area contributed by atoms with Crippen LogP contribution in [0.4, 0.5) is 5.69 Å². The molecule has 23 heavy (non-hydrogen) atoms. The van der Waals surface area contributed by atoms with Gasteiger partial charge in [-0.05, 0) is 51.3 Å². The monoisotopic (exact) mass is 374 g/mol. The van der Waals surface area contributed by atoms with Crippen LogP contribution in [0, 0.1) is 0 Å². The summed E-state index contributed by atoms with van der Waals surface area (Å²) in [7, 11) is 2.16. The van der Waals surface area contributed by atoms with Crippen molar-refractivity contribution >= 4 is 46.2 Å². The molecule has 1 aliphatic rings. The van der Waals surface area contributed by atoms with E-state index in [0.29, 0.717) is 15.2 Å². The first kappa shape index (κ1) is 18.7. The summed E-state index contributed by atoms with van der Waals surface area (Å²) >= 11 is 17.4. The summed E-state index contributed by atoms with van der Waals surface area (Å²) in [5.74, 6) is 0. The molecule has 0 radical (unpaired) electrons. The summed E-state index contributed by atoms with van der Waals surface area (Å²) < 4.78 is 0. The fourth-order valence-corrected chi connectivity index (χ4v) is 3.22. The van der Waals surface area contributed by atoms with E-state index in [1.165, 1.54) is 0 Å². The fraction of sp³-hybridized carbons (Fsp3) is 0.562. The van der Waals surface area contributed by atoms with Gasteiger partial charge in [0.15, 0.2) is 5.11 Å². The molecule has 1 heterocycles. The van der Waals surface area contributed by atoms with Gasteiger partial charge in [-0.15, -0.1) is 0 Å². The van der Waals surface area contributed by atoms with Crippen LogP contribution in [0.2, 0.25) is 10.0 Å². The van der Waals surface area contributed by atoms with Crippen molar-refractivity contribution < 1.29 is 0 Å². The first-order valence-electron chi connectivity index (χ1n) is 7.71. The van der Waals surface area contributed by atoms with Gasteiger partial charge in [-0.3, -0.25) is 4.90 Å². The summed E-state index contributed by atoms with van der Waals surface area (Å²) in [5, 5.41) is 8.15. The van der Waals surface area contributed by atoms with Gasteiger partial charge in [0.2, 0.25) is 0 Å². The third kappa shape index (κ3) is 5.47. The van der Waals surface area contributed by atoms with Gasteiger partial charge in [0, 0.05) is 43.3 Å². The Hall–Kier alpha value is -0.590. The molecule has 0 atom stereocenters. The Morgan fingerprint density at radius 3 is 2.48 bits per heavy atom. The van der Waals surface area contributed by atoms with Gasteiger partial charge in [0.1, 0.15) is 0 Å². The van der Waals surface area contributed by atoms with E-state index >= 15 is 0 Å². The maximum absolute atomic E-state index is 6.15. The number of hydrogen-bond acceptors (Lipinski definition) is 3. The standard InChI is InChI=1S/C16H24Cl2N4S/c1-16(2,22-8-6-21(3)7-9-22)11-19-15(23)20-14-5-4-12(17)10-13(14)18/h4-5,10H,6-9,11H2,1-3H3,(H2,19,20,23). The molecule has 0 spiro atoms. The number of anilines is 1. The molecule has 1 fully saturated rings. The lowest BCUT2D eigenvalue weighted by Gasteiger charge is -2.43. The lowest BCUT2D eigenvalue weighted by molar-refractivity contribution is 0.0648. The quantitative estimate of drug-likeness (QED) is 0.789. The maximum Gasteiger partial charge on any atom is 0.170 e. The van der Waals surface area contributed by atoms with E-state index in [1.54, 1.807) is 12.1 Å². The number of piperazine rings is 1. The minimum Gasteiger partial charge on any atom is -0.361 e. The van der Waals surface area contributed by atoms with Gasteiger partial charge >= 0.3 is 0 Å². The molecule has 1 aliphatic heterocycles. The number of thiocarbonyl (C=S) groups is 1. The SMILES string of the molecule is CN1CCN(C(C)(C)CNC(=S)Nc2ccc(Cl)cc2Cl)CC1. The predicted molar refractivity (Wildman–Crippen MR) is 104 cm³/mol. The number of likely N-dealkylation sites (N-methyl/N-ethyl adjacent to an activating group) is 1. The van der Waals surface area contributed by atoms with E-state index in [4.69, 9.17) is 35.4 Å². The van der Waals surface area contributed by atoms with Crippen molar-refractivity contribution in [1.82, 2.24) is 15.1 Å². The Kier molecular flexibility index (Phi) is 6.51. The molecule has 128 valence electrons. The second-order valence-electron chi connectivity index (χ2n) is 6.53. The van der Waals surface area contributed by atoms with E-state index in [1.807, 2.05) is 6.07 Å². The number of rotatable bonds is 4. The van der Waals surface area contributed by atoms with Crippen LogP contribution in [0.5, 0.6) is 0 Å². The molecule has 2 rings (SSSR count). The zero-order valence-electron chi connectivity index (χ0n) is 13.8. The van der Waals surface area contributed by atoms with E-state index in [2.05, 4.69) is 41.3 Å². The van der Waals surface area contributed by atoms with Gasteiger partial charge in [0.05, 0.1) is 10.7 Å². The number of benzene rings is 1. The van der Waals surface area contributed by atoms with Crippen LogP contribution in [0.15, 0.2) is 18.2 Å². The van der Waals surface area contributed by atoms with Crippen molar-refractivity contribution in [3.63, 3.8) is 0 Å². The minimum atomic E-state index is 0.0385.